The quantitative estimate of drug-likeness (QED) is 0.114. The molecule has 0 spiro atoms. The first-order chi connectivity index (χ1) is 21.1. The molecular weight excluding hydrogens is 540 g/mol. The highest BCUT2D eigenvalue weighted by Gasteiger charge is 2.22. The molecule has 1 N–H and O–H groups in total. The van der Waals surface area contributed by atoms with Gasteiger partial charge in [-0.05, 0) is 52.6 Å². The zero-order valence-corrected chi connectivity index (χ0v) is 23.4. The van der Waals surface area contributed by atoms with E-state index in [9.17, 15) is 9.59 Å². The number of carboxylic acids is 1. The normalized spacial score (nSPS) is 10.8. The van der Waals surface area contributed by atoms with E-state index in [4.69, 9.17) is 19.3 Å². The van der Waals surface area contributed by atoms with E-state index in [0.29, 0.717) is 29.2 Å². The van der Waals surface area contributed by atoms with Gasteiger partial charge in [0.1, 0.15) is 19.8 Å². The smallest absolute Gasteiger partial charge is 0.335 e. The molecule has 5 aromatic carbocycles. The topological polar surface area (TPSA) is 82.1 Å². The molecule has 0 amide bonds. The van der Waals surface area contributed by atoms with Crippen LogP contribution in [0.15, 0.2) is 133 Å². The third-order valence-electron chi connectivity index (χ3n) is 6.62. The predicted octanol–water partition coefficient (Wildman–Crippen LogP) is 8.02. The minimum atomic E-state index is -1.01. The van der Waals surface area contributed by atoms with Gasteiger partial charge in [-0.25, -0.2) is 4.79 Å². The number of carbonyl (C=O) groups excluding carboxylic acids is 1. The van der Waals surface area contributed by atoms with Gasteiger partial charge in [0.2, 0.25) is 5.75 Å². The van der Waals surface area contributed by atoms with Crippen molar-refractivity contribution in [2.45, 2.75) is 19.8 Å². The maximum absolute atomic E-state index is 13.6. The Morgan fingerprint density at radius 2 is 1.05 bits per heavy atom. The van der Waals surface area contributed by atoms with Gasteiger partial charge in [-0.1, -0.05) is 109 Å². The Bertz CT molecular complexity index is 1680. The highest BCUT2D eigenvalue weighted by atomic mass is 16.5. The molecule has 0 aliphatic heterocycles. The number of ether oxygens (including phenoxy) is 3. The van der Waals surface area contributed by atoms with Crippen molar-refractivity contribution in [2.24, 2.45) is 0 Å². The zero-order chi connectivity index (χ0) is 29.9. The summed E-state index contributed by atoms with van der Waals surface area (Å²) < 4.78 is 18.9. The summed E-state index contributed by atoms with van der Waals surface area (Å²) in [7, 11) is 0. The van der Waals surface area contributed by atoms with Crippen LogP contribution in [-0.2, 0) is 19.8 Å². The van der Waals surface area contributed by atoms with Crippen LogP contribution in [0.4, 0.5) is 0 Å². The first-order valence-corrected chi connectivity index (χ1v) is 13.8. The summed E-state index contributed by atoms with van der Waals surface area (Å²) in [5, 5.41) is 9.17. The molecule has 0 fully saturated rings. The minimum Gasteiger partial charge on any atom is -0.485 e. The van der Waals surface area contributed by atoms with E-state index in [2.05, 4.69) is 0 Å². The van der Waals surface area contributed by atoms with Crippen LogP contribution < -0.4 is 14.2 Å². The van der Waals surface area contributed by atoms with Crippen molar-refractivity contribution in [2.75, 3.05) is 0 Å². The van der Waals surface area contributed by atoms with E-state index < -0.39 is 5.97 Å². The second-order valence-corrected chi connectivity index (χ2v) is 9.72. The Morgan fingerprint density at radius 1 is 0.558 bits per heavy atom. The number of carbonyl (C=O) groups is 2. The Labute approximate surface area is 250 Å². The van der Waals surface area contributed by atoms with Crippen LogP contribution in [0.25, 0.3) is 6.08 Å². The fourth-order valence-corrected chi connectivity index (χ4v) is 4.33. The lowest BCUT2D eigenvalue weighted by Crippen LogP contribution is -2.08. The molecule has 214 valence electrons. The summed E-state index contributed by atoms with van der Waals surface area (Å²) in [4.78, 5) is 24.8. The molecular formula is C37H30O6. The fraction of sp³-hybridized carbons (Fsp3) is 0.0811. The van der Waals surface area contributed by atoms with Crippen molar-refractivity contribution in [3.8, 4) is 17.2 Å². The predicted molar refractivity (Wildman–Crippen MR) is 166 cm³/mol. The number of carboxylic acid groups (broad SMARTS) is 1. The molecule has 0 unspecified atom stereocenters. The molecule has 0 aliphatic rings. The van der Waals surface area contributed by atoms with E-state index in [1.807, 2.05) is 91.0 Å². The first-order valence-electron chi connectivity index (χ1n) is 13.8. The molecule has 0 saturated heterocycles. The molecule has 5 rings (SSSR count). The van der Waals surface area contributed by atoms with Gasteiger partial charge < -0.3 is 19.3 Å². The third-order valence-corrected chi connectivity index (χ3v) is 6.62. The van der Waals surface area contributed by atoms with Crippen molar-refractivity contribution in [3.05, 3.63) is 167 Å². The molecule has 5 aromatic rings. The van der Waals surface area contributed by atoms with Gasteiger partial charge in [-0.3, -0.25) is 4.79 Å². The third kappa shape index (κ3) is 7.99. The average molecular weight is 571 g/mol. The van der Waals surface area contributed by atoms with E-state index in [0.717, 1.165) is 16.7 Å². The second kappa shape index (κ2) is 14.3. The van der Waals surface area contributed by atoms with Crippen LogP contribution in [0.5, 0.6) is 17.2 Å². The summed E-state index contributed by atoms with van der Waals surface area (Å²) in [6.45, 7) is 0.763. The molecule has 0 atom stereocenters. The number of hydrogen-bond acceptors (Lipinski definition) is 5. The molecule has 0 aliphatic carbocycles. The molecule has 43 heavy (non-hydrogen) atoms. The zero-order valence-electron chi connectivity index (χ0n) is 23.4. The van der Waals surface area contributed by atoms with Crippen LogP contribution >= 0.6 is 0 Å². The molecule has 0 heterocycles. The lowest BCUT2D eigenvalue weighted by molar-refractivity contribution is 0.0696. The number of hydrogen-bond donors (Lipinski definition) is 1. The lowest BCUT2D eigenvalue weighted by Gasteiger charge is -2.19. The number of ketones is 1. The Hall–Kier alpha value is -5.62. The summed E-state index contributed by atoms with van der Waals surface area (Å²) >= 11 is 0. The highest BCUT2D eigenvalue weighted by molar-refractivity contribution is 6.09. The molecule has 6 heteroatoms. The SMILES string of the molecule is O=C(O)c1ccc(/C=C/C(=O)c2ccc(OCc3ccccc3)c(OCc3ccccc3)c2OCc2ccccc2)cc1. The van der Waals surface area contributed by atoms with E-state index in [1.54, 1.807) is 30.3 Å². The van der Waals surface area contributed by atoms with Crippen LogP contribution in [0.3, 0.4) is 0 Å². The van der Waals surface area contributed by atoms with E-state index in [-0.39, 0.29) is 30.3 Å². The monoisotopic (exact) mass is 570 g/mol. The summed E-state index contributed by atoms with van der Waals surface area (Å²) in [5.74, 6) is -0.247. The van der Waals surface area contributed by atoms with Gasteiger partial charge in [0, 0.05) is 0 Å². The summed E-state index contributed by atoms with van der Waals surface area (Å²) in [5.41, 5.74) is 4.04. The molecule has 0 radical (unpaired) electrons. The molecule has 0 aromatic heterocycles. The largest absolute Gasteiger partial charge is 0.485 e. The number of benzene rings is 5. The standard InChI is InChI=1S/C37H30O6/c38-33(22-18-27-16-19-31(20-17-27)37(39)40)32-21-23-34(41-24-28-10-4-1-5-11-28)36(43-26-30-14-8-3-9-15-30)35(32)42-25-29-12-6-2-7-13-29/h1-23H,24-26H2,(H,39,40)/b22-18+. The number of aromatic carboxylic acids is 1. The van der Waals surface area contributed by atoms with Crippen molar-refractivity contribution in [1.29, 1.82) is 0 Å². The van der Waals surface area contributed by atoms with Crippen molar-refractivity contribution in [1.82, 2.24) is 0 Å². The number of allylic oxidation sites excluding steroid dienone is 1. The summed E-state index contributed by atoms with van der Waals surface area (Å²) in [6.07, 6.45) is 3.07. The summed E-state index contributed by atoms with van der Waals surface area (Å²) in [6, 6.07) is 38.9. The van der Waals surface area contributed by atoms with Crippen molar-refractivity contribution in [3.63, 3.8) is 0 Å². The average Bonchev–Trinajstić information content (AvgIpc) is 3.06. The lowest BCUT2D eigenvalue weighted by atomic mass is 10.1. The number of rotatable bonds is 13. The van der Waals surface area contributed by atoms with Crippen LogP contribution in [0.1, 0.15) is 43.0 Å². The molecule has 0 saturated carbocycles. The maximum atomic E-state index is 13.6. The van der Waals surface area contributed by atoms with Crippen LogP contribution in [0.2, 0.25) is 0 Å². The molecule has 6 nitrogen and oxygen atoms in total. The van der Waals surface area contributed by atoms with Gasteiger partial charge >= 0.3 is 5.97 Å². The highest BCUT2D eigenvalue weighted by Crippen LogP contribution is 2.42. The van der Waals surface area contributed by atoms with Gasteiger partial charge in [-0.2, -0.15) is 0 Å². The fourth-order valence-electron chi connectivity index (χ4n) is 4.33. The Kier molecular flexibility index (Phi) is 9.63. The maximum Gasteiger partial charge on any atom is 0.335 e. The Balaban J connectivity index is 1.50. The van der Waals surface area contributed by atoms with Crippen LogP contribution in [-0.4, -0.2) is 16.9 Å². The second-order valence-electron chi connectivity index (χ2n) is 9.72. The molecule has 0 bridgehead atoms. The van der Waals surface area contributed by atoms with E-state index in [1.165, 1.54) is 18.2 Å². The Morgan fingerprint density at radius 3 is 1.56 bits per heavy atom. The minimum absolute atomic E-state index is 0.173. The van der Waals surface area contributed by atoms with Gasteiger partial charge in [0.15, 0.2) is 17.3 Å². The van der Waals surface area contributed by atoms with E-state index >= 15 is 0 Å². The van der Waals surface area contributed by atoms with Gasteiger partial charge in [-0.15, -0.1) is 0 Å². The van der Waals surface area contributed by atoms with Gasteiger partial charge in [0.25, 0.3) is 0 Å². The van der Waals surface area contributed by atoms with Crippen LogP contribution in [0, 0.1) is 0 Å². The van der Waals surface area contributed by atoms with Crippen molar-refractivity contribution < 1.29 is 28.9 Å². The van der Waals surface area contributed by atoms with Crippen molar-refractivity contribution >= 4 is 17.8 Å². The van der Waals surface area contributed by atoms with Gasteiger partial charge in [0.05, 0.1) is 11.1 Å². The first kappa shape index (κ1) is 28.9.